The number of hydrogen-bond acceptors (Lipinski definition) is 1. The Balaban J connectivity index is 2.33. The van der Waals surface area contributed by atoms with Gasteiger partial charge in [-0.1, -0.05) is 5.92 Å². The fourth-order valence-electron chi connectivity index (χ4n) is 1.57. The van der Waals surface area contributed by atoms with Gasteiger partial charge in [-0.05, 0) is 42.5 Å². The lowest BCUT2D eigenvalue weighted by Gasteiger charge is -2.13. The van der Waals surface area contributed by atoms with Crippen molar-refractivity contribution in [2.75, 3.05) is 0 Å². The third-order valence-corrected chi connectivity index (χ3v) is 2.42. The molecule has 0 heterocycles. The van der Waals surface area contributed by atoms with Crippen LogP contribution in [0.15, 0.2) is 18.2 Å². The maximum atomic E-state index is 12.1. The highest BCUT2D eigenvalue weighted by atomic mass is 19.4. The van der Waals surface area contributed by atoms with Crippen LogP contribution in [0.3, 0.4) is 0 Å². The van der Waals surface area contributed by atoms with E-state index >= 15 is 0 Å². The summed E-state index contributed by atoms with van der Waals surface area (Å²) in [6.45, 7) is 0. The summed E-state index contributed by atoms with van der Waals surface area (Å²) in [7, 11) is 0. The first-order chi connectivity index (χ1) is 7.49. The van der Waals surface area contributed by atoms with E-state index in [0.29, 0.717) is 11.1 Å². The fraction of sp³-hybridized carbons (Fsp3) is 0.333. The molecular formula is C12H9F3O. The predicted octanol–water partition coefficient (Wildman–Crippen LogP) is 3.44. The van der Waals surface area contributed by atoms with Crippen molar-refractivity contribution in [1.29, 1.82) is 0 Å². The molecule has 1 aliphatic carbocycles. The second kappa shape index (κ2) is 3.75. The molecule has 0 spiro atoms. The second-order valence-corrected chi connectivity index (χ2v) is 3.72. The molecule has 0 radical (unpaired) electrons. The first kappa shape index (κ1) is 10.9. The van der Waals surface area contributed by atoms with Crippen molar-refractivity contribution in [3.05, 3.63) is 29.3 Å². The van der Waals surface area contributed by atoms with Gasteiger partial charge >= 0.3 is 6.36 Å². The van der Waals surface area contributed by atoms with Crippen molar-refractivity contribution in [3.63, 3.8) is 0 Å². The lowest BCUT2D eigenvalue weighted by atomic mass is 10.1. The SMILES string of the molecule is C#Cc1ccc(OC(F)(F)F)c(C2CC2)c1. The summed E-state index contributed by atoms with van der Waals surface area (Å²) in [5, 5.41) is 0. The van der Waals surface area contributed by atoms with Crippen LogP contribution in [0.5, 0.6) is 5.75 Å². The molecule has 0 aromatic heterocycles. The van der Waals surface area contributed by atoms with E-state index in [2.05, 4.69) is 10.7 Å². The van der Waals surface area contributed by atoms with E-state index in [1.54, 1.807) is 6.07 Å². The van der Waals surface area contributed by atoms with Crippen molar-refractivity contribution in [2.45, 2.75) is 25.1 Å². The normalized spacial score (nSPS) is 15.6. The van der Waals surface area contributed by atoms with Crippen LogP contribution in [-0.2, 0) is 0 Å². The van der Waals surface area contributed by atoms with Crippen LogP contribution < -0.4 is 4.74 Å². The third kappa shape index (κ3) is 2.48. The van der Waals surface area contributed by atoms with Crippen LogP contribution in [0.2, 0.25) is 0 Å². The topological polar surface area (TPSA) is 9.23 Å². The number of terminal acetylenes is 1. The molecule has 1 aromatic rings. The zero-order valence-corrected chi connectivity index (χ0v) is 8.34. The van der Waals surface area contributed by atoms with Crippen LogP contribution in [0.4, 0.5) is 13.2 Å². The lowest BCUT2D eigenvalue weighted by Crippen LogP contribution is -2.18. The Morgan fingerprint density at radius 2 is 2.00 bits per heavy atom. The van der Waals surface area contributed by atoms with E-state index in [0.717, 1.165) is 12.8 Å². The zero-order chi connectivity index (χ0) is 11.8. The van der Waals surface area contributed by atoms with Gasteiger partial charge in [-0.25, -0.2) is 0 Å². The molecule has 0 saturated heterocycles. The Morgan fingerprint density at radius 3 is 2.50 bits per heavy atom. The fourth-order valence-corrected chi connectivity index (χ4v) is 1.57. The van der Waals surface area contributed by atoms with Crippen LogP contribution in [-0.4, -0.2) is 6.36 Å². The number of hydrogen-bond donors (Lipinski definition) is 0. The summed E-state index contributed by atoms with van der Waals surface area (Å²) in [6.07, 6.45) is 2.33. The summed E-state index contributed by atoms with van der Waals surface area (Å²) < 4.78 is 40.3. The lowest BCUT2D eigenvalue weighted by molar-refractivity contribution is -0.274. The molecule has 4 heteroatoms. The molecule has 1 aromatic carbocycles. The van der Waals surface area contributed by atoms with Crippen molar-refractivity contribution in [1.82, 2.24) is 0 Å². The molecule has 1 saturated carbocycles. The Morgan fingerprint density at radius 1 is 1.31 bits per heavy atom. The molecule has 2 rings (SSSR count). The molecule has 0 amide bonds. The van der Waals surface area contributed by atoms with Gasteiger partial charge in [0.05, 0.1) is 0 Å². The van der Waals surface area contributed by atoms with Gasteiger partial charge < -0.3 is 4.74 Å². The van der Waals surface area contributed by atoms with Gasteiger partial charge in [0.15, 0.2) is 0 Å². The highest BCUT2D eigenvalue weighted by Gasteiger charge is 2.35. The first-order valence-electron chi connectivity index (χ1n) is 4.86. The summed E-state index contributed by atoms with van der Waals surface area (Å²) in [4.78, 5) is 0. The van der Waals surface area contributed by atoms with E-state index in [1.165, 1.54) is 12.1 Å². The monoisotopic (exact) mass is 226 g/mol. The molecule has 1 fully saturated rings. The zero-order valence-electron chi connectivity index (χ0n) is 8.34. The van der Waals surface area contributed by atoms with Crippen molar-refractivity contribution in [3.8, 4) is 18.1 Å². The van der Waals surface area contributed by atoms with Gasteiger partial charge in [0.25, 0.3) is 0 Å². The van der Waals surface area contributed by atoms with Gasteiger partial charge in [-0.15, -0.1) is 19.6 Å². The Hall–Kier alpha value is -1.63. The first-order valence-corrected chi connectivity index (χ1v) is 4.86. The molecule has 84 valence electrons. The van der Waals surface area contributed by atoms with Crippen LogP contribution in [0.1, 0.15) is 29.9 Å². The Bertz CT molecular complexity index is 439. The van der Waals surface area contributed by atoms with Gasteiger partial charge in [-0.2, -0.15) is 0 Å². The number of halogens is 3. The number of benzene rings is 1. The largest absolute Gasteiger partial charge is 0.573 e. The molecule has 0 bridgehead atoms. The average molecular weight is 226 g/mol. The predicted molar refractivity (Wildman–Crippen MR) is 53.0 cm³/mol. The van der Waals surface area contributed by atoms with E-state index in [9.17, 15) is 13.2 Å². The molecule has 0 aliphatic heterocycles. The van der Waals surface area contributed by atoms with Crippen molar-refractivity contribution >= 4 is 0 Å². The molecule has 0 N–H and O–H groups in total. The van der Waals surface area contributed by atoms with E-state index < -0.39 is 6.36 Å². The molecular weight excluding hydrogens is 217 g/mol. The van der Waals surface area contributed by atoms with Crippen LogP contribution in [0, 0.1) is 12.3 Å². The smallest absolute Gasteiger partial charge is 0.405 e. The number of rotatable bonds is 2. The van der Waals surface area contributed by atoms with Gasteiger partial charge in [0.2, 0.25) is 0 Å². The minimum absolute atomic E-state index is 0.131. The van der Waals surface area contributed by atoms with Gasteiger partial charge in [0.1, 0.15) is 5.75 Å². The maximum absolute atomic E-state index is 12.1. The summed E-state index contributed by atoms with van der Waals surface area (Å²) in [5.74, 6) is 2.43. The van der Waals surface area contributed by atoms with E-state index in [1.807, 2.05) is 0 Å². The molecule has 0 atom stereocenters. The minimum atomic E-state index is -4.65. The summed E-state index contributed by atoms with van der Waals surface area (Å²) >= 11 is 0. The quantitative estimate of drug-likeness (QED) is 0.702. The molecule has 16 heavy (non-hydrogen) atoms. The minimum Gasteiger partial charge on any atom is -0.405 e. The van der Waals surface area contributed by atoms with Crippen LogP contribution >= 0.6 is 0 Å². The summed E-state index contributed by atoms with van der Waals surface area (Å²) in [6, 6.07) is 4.34. The Kier molecular flexibility index (Phi) is 2.55. The second-order valence-electron chi connectivity index (χ2n) is 3.72. The highest BCUT2D eigenvalue weighted by Crippen LogP contribution is 2.45. The van der Waals surface area contributed by atoms with Crippen LogP contribution in [0.25, 0.3) is 0 Å². The number of ether oxygens (including phenoxy) is 1. The van der Waals surface area contributed by atoms with E-state index in [-0.39, 0.29) is 11.7 Å². The molecule has 0 unspecified atom stereocenters. The highest BCUT2D eigenvalue weighted by molar-refractivity contribution is 5.46. The molecule has 1 aliphatic rings. The number of alkyl halides is 3. The van der Waals surface area contributed by atoms with Gasteiger partial charge in [0, 0.05) is 5.56 Å². The van der Waals surface area contributed by atoms with Crippen molar-refractivity contribution in [2.24, 2.45) is 0 Å². The average Bonchev–Trinajstić information content (AvgIpc) is 2.99. The third-order valence-electron chi connectivity index (χ3n) is 2.42. The van der Waals surface area contributed by atoms with Gasteiger partial charge in [-0.3, -0.25) is 0 Å². The van der Waals surface area contributed by atoms with Crippen molar-refractivity contribution < 1.29 is 17.9 Å². The van der Waals surface area contributed by atoms with E-state index in [4.69, 9.17) is 6.42 Å². The maximum Gasteiger partial charge on any atom is 0.573 e. The molecule has 1 nitrogen and oxygen atoms in total. The Labute approximate surface area is 91.2 Å². The summed E-state index contributed by atoms with van der Waals surface area (Å²) in [5.41, 5.74) is 1.14. The standard InChI is InChI=1S/C12H9F3O/c1-2-8-3-6-11(16-12(13,14)15)10(7-8)9-4-5-9/h1,3,6-7,9H,4-5H2.